The Morgan fingerprint density at radius 3 is 2.62 bits per heavy atom. The molecule has 86 valence electrons. The van der Waals surface area contributed by atoms with Crippen molar-refractivity contribution in [3.05, 3.63) is 33.4 Å². The third-order valence-electron chi connectivity index (χ3n) is 2.13. The largest absolute Gasteiger partial charge is 0.483 e. The van der Waals surface area contributed by atoms with Gasteiger partial charge in [0.15, 0.2) is 6.61 Å². The lowest BCUT2D eigenvalue weighted by molar-refractivity contribution is -0.385. The van der Waals surface area contributed by atoms with Crippen LogP contribution in [0.1, 0.15) is 11.1 Å². The molecular weight excluding hydrogens is 212 g/mol. The molecule has 6 nitrogen and oxygen atoms in total. The summed E-state index contributed by atoms with van der Waals surface area (Å²) in [5, 5.41) is 10.7. The second kappa shape index (κ2) is 4.61. The number of aryl methyl sites for hydroxylation is 1. The fourth-order valence-electron chi connectivity index (χ4n) is 1.38. The first-order valence-electron chi connectivity index (χ1n) is 4.59. The standard InChI is InChI=1S/C10H12N2O4/c1-6-3-4-8(12(14)15)7(2)10(6)16-5-9(11)13/h3-4H,5H2,1-2H3,(H2,11,13). The Morgan fingerprint density at radius 2 is 2.12 bits per heavy atom. The van der Waals surface area contributed by atoms with Crippen LogP contribution in [0.2, 0.25) is 0 Å². The molecule has 0 saturated carbocycles. The van der Waals surface area contributed by atoms with Gasteiger partial charge in [-0.3, -0.25) is 14.9 Å². The van der Waals surface area contributed by atoms with Crippen LogP contribution in [0.5, 0.6) is 5.75 Å². The summed E-state index contributed by atoms with van der Waals surface area (Å²) in [5.74, 6) is -0.279. The summed E-state index contributed by atoms with van der Waals surface area (Å²) in [4.78, 5) is 20.8. The van der Waals surface area contributed by atoms with E-state index in [2.05, 4.69) is 0 Å². The van der Waals surface area contributed by atoms with Crippen LogP contribution in [-0.4, -0.2) is 17.4 Å². The van der Waals surface area contributed by atoms with E-state index in [1.165, 1.54) is 6.07 Å². The maximum absolute atomic E-state index is 10.7. The summed E-state index contributed by atoms with van der Waals surface area (Å²) in [6, 6.07) is 2.98. The van der Waals surface area contributed by atoms with Gasteiger partial charge in [0.05, 0.1) is 10.5 Å². The zero-order valence-corrected chi connectivity index (χ0v) is 9.02. The minimum Gasteiger partial charge on any atom is -0.483 e. The van der Waals surface area contributed by atoms with Crippen molar-refractivity contribution < 1.29 is 14.5 Å². The summed E-state index contributed by atoms with van der Waals surface area (Å²) in [6.07, 6.45) is 0. The van der Waals surface area contributed by atoms with E-state index in [0.717, 1.165) is 5.56 Å². The van der Waals surface area contributed by atoms with Crippen LogP contribution in [0, 0.1) is 24.0 Å². The van der Waals surface area contributed by atoms with Crippen molar-refractivity contribution in [2.75, 3.05) is 6.61 Å². The Balaban J connectivity index is 3.11. The van der Waals surface area contributed by atoms with Crippen molar-refractivity contribution in [3.63, 3.8) is 0 Å². The van der Waals surface area contributed by atoms with Crippen LogP contribution in [0.15, 0.2) is 12.1 Å². The van der Waals surface area contributed by atoms with Crippen LogP contribution in [0.4, 0.5) is 5.69 Å². The lowest BCUT2D eigenvalue weighted by Gasteiger charge is -2.10. The SMILES string of the molecule is Cc1ccc([N+](=O)[O-])c(C)c1OCC(N)=O. The Bertz CT molecular complexity index is 443. The van der Waals surface area contributed by atoms with Crippen molar-refractivity contribution in [1.29, 1.82) is 0 Å². The van der Waals surface area contributed by atoms with Crippen molar-refractivity contribution in [3.8, 4) is 5.75 Å². The highest BCUT2D eigenvalue weighted by Crippen LogP contribution is 2.30. The van der Waals surface area contributed by atoms with Crippen LogP contribution >= 0.6 is 0 Å². The summed E-state index contributed by atoms with van der Waals surface area (Å²) >= 11 is 0. The predicted octanol–water partition coefficient (Wildman–Crippen LogP) is 1.08. The smallest absolute Gasteiger partial charge is 0.276 e. The first-order valence-corrected chi connectivity index (χ1v) is 4.59. The number of ether oxygens (including phenoxy) is 1. The number of hydrogen-bond acceptors (Lipinski definition) is 4. The molecule has 0 aliphatic heterocycles. The fraction of sp³-hybridized carbons (Fsp3) is 0.300. The molecule has 0 fully saturated rings. The highest BCUT2D eigenvalue weighted by Gasteiger charge is 2.17. The quantitative estimate of drug-likeness (QED) is 0.611. The molecule has 1 aromatic carbocycles. The molecule has 0 heterocycles. The maximum atomic E-state index is 10.7. The Kier molecular flexibility index (Phi) is 3.44. The highest BCUT2D eigenvalue weighted by molar-refractivity contribution is 5.75. The molecule has 6 heteroatoms. The maximum Gasteiger partial charge on any atom is 0.276 e. The van der Waals surface area contributed by atoms with E-state index >= 15 is 0 Å². The number of nitrogens with zero attached hydrogens (tertiary/aromatic N) is 1. The number of carbonyl (C=O) groups is 1. The third-order valence-corrected chi connectivity index (χ3v) is 2.13. The third kappa shape index (κ3) is 2.47. The monoisotopic (exact) mass is 224 g/mol. The summed E-state index contributed by atoms with van der Waals surface area (Å²) in [5.41, 5.74) is 6.02. The minimum absolute atomic E-state index is 0.0370. The van der Waals surface area contributed by atoms with Gasteiger partial charge < -0.3 is 10.5 Å². The average Bonchev–Trinajstić information content (AvgIpc) is 2.16. The first kappa shape index (κ1) is 12.0. The predicted molar refractivity (Wildman–Crippen MR) is 57.3 cm³/mol. The van der Waals surface area contributed by atoms with Gasteiger partial charge >= 0.3 is 0 Å². The summed E-state index contributed by atoms with van der Waals surface area (Å²) in [7, 11) is 0. The normalized spacial score (nSPS) is 9.88. The molecule has 16 heavy (non-hydrogen) atoms. The number of primary amides is 1. The van der Waals surface area contributed by atoms with E-state index in [1.807, 2.05) is 0 Å². The minimum atomic E-state index is -0.620. The molecule has 0 saturated heterocycles. The number of nitrogens with two attached hydrogens (primary N) is 1. The number of nitro benzene ring substituents is 1. The molecule has 1 aromatic rings. The van der Waals surface area contributed by atoms with E-state index in [1.54, 1.807) is 19.9 Å². The summed E-state index contributed by atoms with van der Waals surface area (Å²) < 4.78 is 5.14. The van der Waals surface area contributed by atoms with Gasteiger partial charge in [-0.15, -0.1) is 0 Å². The van der Waals surface area contributed by atoms with Crippen molar-refractivity contribution >= 4 is 11.6 Å². The number of amides is 1. The van der Waals surface area contributed by atoms with Crippen molar-refractivity contribution in [1.82, 2.24) is 0 Å². The number of rotatable bonds is 4. The molecule has 0 spiro atoms. The molecule has 0 aliphatic carbocycles. The zero-order valence-electron chi connectivity index (χ0n) is 9.02. The highest BCUT2D eigenvalue weighted by atomic mass is 16.6. The van der Waals surface area contributed by atoms with Gasteiger partial charge in [0.25, 0.3) is 11.6 Å². The zero-order chi connectivity index (χ0) is 12.3. The molecule has 0 aromatic heterocycles. The number of carbonyl (C=O) groups excluding carboxylic acids is 1. The van der Waals surface area contributed by atoms with E-state index < -0.39 is 10.8 Å². The van der Waals surface area contributed by atoms with Crippen molar-refractivity contribution in [2.45, 2.75) is 13.8 Å². The van der Waals surface area contributed by atoms with Crippen LogP contribution in [0.3, 0.4) is 0 Å². The van der Waals surface area contributed by atoms with Gasteiger partial charge in [-0.25, -0.2) is 0 Å². The van der Waals surface area contributed by atoms with Gasteiger partial charge in [-0.1, -0.05) is 0 Å². The molecule has 2 N–H and O–H groups in total. The average molecular weight is 224 g/mol. The number of benzene rings is 1. The first-order chi connectivity index (χ1) is 7.43. The van der Waals surface area contributed by atoms with Gasteiger partial charge in [-0.2, -0.15) is 0 Å². The lowest BCUT2D eigenvalue weighted by atomic mass is 10.1. The van der Waals surface area contributed by atoms with Crippen LogP contribution < -0.4 is 10.5 Å². The van der Waals surface area contributed by atoms with E-state index in [4.69, 9.17) is 10.5 Å². The van der Waals surface area contributed by atoms with E-state index in [9.17, 15) is 14.9 Å². The number of nitro groups is 1. The number of hydrogen-bond donors (Lipinski definition) is 1. The summed E-state index contributed by atoms with van der Waals surface area (Å²) in [6.45, 7) is 3.03. The van der Waals surface area contributed by atoms with Crippen molar-refractivity contribution in [2.24, 2.45) is 5.73 Å². The second-order valence-corrected chi connectivity index (χ2v) is 3.37. The van der Waals surface area contributed by atoms with Gasteiger partial charge in [-0.05, 0) is 25.5 Å². The topological polar surface area (TPSA) is 95.5 Å². The van der Waals surface area contributed by atoms with Crippen LogP contribution in [-0.2, 0) is 4.79 Å². The van der Waals surface area contributed by atoms with Gasteiger partial charge in [0.2, 0.25) is 0 Å². The Hall–Kier alpha value is -2.11. The molecule has 0 bridgehead atoms. The van der Waals surface area contributed by atoms with E-state index in [-0.39, 0.29) is 12.3 Å². The molecule has 0 aliphatic rings. The molecule has 1 rings (SSSR count). The molecule has 0 radical (unpaired) electrons. The molecule has 0 atom stereocenters. The lowest BCUT2D eigenvalue weighted by Crippen LogP contribution is -2.20. The van der Waals surface area contributed by atoms with Gasteiger partial charge in [0.1, 0.15) is 5.75 Å². The molecule has 1 amide bonds. The molecule has 0 unspecified atom stereocenters. The Labute approximate surface area is 92.2 Å². The molecular formula is C10H12N2O4. The second-order valence-electron chi connectivity index (χ2n) is 3.37. The Morgan fingerprint density at radius 1 is 1.50 bits per heavy atom. The van der Waals surface area contributed by atoms with Gasteiger partial charge in [0, 0.05) is 6.07 Å². The van der Waals surface area contributed by atoms with E-state index in [0.29, 0.717) is 11.3 Å². The van der Waals surface area contributed by atoms with Crippen LogP contribution in [0.25, 0.3) is 0 Å². The fourth-order valence-corrected chi connectivity index (χ4v) is 1.38.